The summed E-state index contributed by atoms with van der Waals surface area (Å²) in [4.78, 5) is 20.6. The monoisotopic (exact) mass is 444 g/mol. The van der Waals surface area contributed by atoms with E-state index in [9.17, 15) is 4.79 Å². The van der Waals surface area contributed by atoms with E-state index in [0.29, 0.717) is 23.3 Å². The minimum absolute atomic E-state index is 0.0794. The van der Waals surface area contributed by atoms with Crippen LogP contribution in [0.25, 0.3) is 4.96 Å². The fraction of sp³-hybridized carbons (Fsp3) is 0.522. The van der Waals surface area contributed by atoms with E-state index < -0.39 is 0 Å². The van der Waals surface area contributed by atoms with Gasteiger partial charge < -0.3 is 0 Å². The number of nitrogens with zero attached hydrogens (tertiary/aromatic N) is 4. The largest absolute Gasteiger partial charge is 0.293 e. The number of fused-ring (bicyclic) bond motifs is 1. The normalized spacial score (nSPS) is 15.5. The van der Waals surface area contributed by atoms with Crippen molar-refractivity contribution < 1.29 is 0 Å². The molecule has 1 fully saturated rings. The van der Waals surface area contributed by atoms with Crippen molar-refractivity contribution in [1.29, 1.82) is 0 Å². The molecule has 1 saturated carbocycles. The first-order valence-corrected chi connectivity index (χ1v) is 12.0. The second-order valence-corrected chi connectivity index (χ2v) is 10.2. The second-order valence-electron chi connectivity index (χ2n) is 8.75. The molecule has 30 heavy (non-hydrogen) atoms. The molecule has 0 bridgehead atoms. The van der Waals surface area contributed by atoms with Gasteiger partial charge in [0, 0.05) is 36.6 Å². The van der Waals surface area contributed by atoms with E-state index >= 15 is 0 Å². The van der Waals surface area contributed by atoms with E-state index in [1.807, 2.05) is 12.1 Å². The maximum Gasteiger partial charge on any atom is 0.275 e. The average Bonchev–Trinajstić information content (AvgIpc) is 3.15. The molecular weight excluding hydrogens is 416 g/mol. The van der Waals surface area contributed by atoms with E-state index in [-0.39, 0.29) is 5.56 Å². The van der Waals surface area contributed by atoms with Gasteiger partial charge in [0.25, 0.3) is 5.56 Å². The van der Waals surface area contributed by atoms with Crippen LogP contribution in [0, 0.1) is 5.92 Å². The van der Waals surface area contributed by atoms with Crippen molar-refractivity contribution in [1.82, 2.24) is 19.5 Å². The molecule has 160 valence electrons. The van der Waals surface area contributed by atoms with Crippen molar-refractivity contribution in [2.75, 3.05) is 6.54 Å². The van der Waals surface area contributed by atoms with E-state index in [1.54, 1.807) is 17.4 Å². The van der Waals surface area contributed by atoms with Gasteiger partial charge in [-0.15, -0.1) is 0 Å². The molecule has 0 spiro atoms. The fourth-order valence-corrected chi connectivity index (χ4v) is 5.46. The summed E-state index contributed by atoms with van der Waals surface area (Å²) >= 11 is 7.61. The highest BCUT2D eigenvalue weighted by molar-refractivity contribution is 7.16. The molecule has 1 aliphatic carbocycles. The summed E-state index contributed by atoms with van der Waals surface area (Å²) in [6.45, 7) is 6.79. The molecule has 0 saturated heterocycles. The van der Waals surface area contributed by atoms with Gasteiger partial charge in [-0.1, -0.05) is 68.2 Å². The van der Waals surface area contributed by atoms with E-state index in [0.717, 1.165) is 28.8 Å². The van der Waals surface area contributed by atoms with Crippen molar-refractivity contribution in [2.45, 2.75) is 65.0 Å². The molecule has 5 nitrogen and oxygen atoms in total. The van der Waals surface area contributed by atoms with Crippen LogP contribution < -0.4 is 5.56 Å². The van der Waals surface area contributed by atoms with Crippen molar-refractivity contribution >= 4 is 27.9 Å². The van der Waals surface area contributed by atoms with Gasteiger partial charge in [-0.05, 0) is 36.5 Å². The third-order valence-corrected chi connectivity index (χ3v) is 6.92. The Morgan fingerprint density at radius 3 is 2.60 bits per heavy atom. The number of hydrogen-bond acceptors (Lipinski definition) is 5. The van der Waals surface area contributed by atoms with Gasteiger partial charge in [0.05, 0.1) is 5.69 Å². The van der Waals surface area contributed by atoms with Crippen LogP contribution in [0.2, 0.25) is 5.02 Å². The number of benzene rings is 1. The quantitative estimate of drug-likeness (QED) is 0.482. The highest BCUT2D eigenvalue weighted by atomic mass is 35.5. The molecule has 2 heterocycles. The number of aromatic nitrogens is 3. The molecular formula is C23H29ClN4OS. The molecule has 1 aliphatic rings. The van der Waals surface area contributed by atoms with Crippen LogP contribution in [-0.4, -0.2) is 26.0 Å². The average molecular weight is 445 g/mol. The molecule has 0 unspecified atom stereocenters. The molecule has 2 aromatic heterocycles. The predicted octanol–water partition coefficient (Wildman–Crippen LogP) is 5.51. The molecule has 1 aromatic carbocycles. The van der Waals surface area contributed by atoms with Crippen molar-refractivity contribution in [3.8, 4) is 0 Å². The Bertz CT molecular complexity index is 1040. The minimum atomic E-state index is -0.0794. The lowest BCUT2D eigenvalue weighted by Crippen LogP contribution is -2.28. The maximum absolute atomic E-state index is 12.7. The summed E-state index contributed by atoms with van der Waals surface area (Å²) in [7, 11) is 0. The van der Waals surface area contributed by atoms with Gasteiger partial charge in [0.15, 0.2) is 0 Å². The van der Waals surface area contributed by atoms with Crippen LogP contribution in [0.5, 0.6) is 0 Å². The maximum atomic E-state index is 12.7. The SMILES string of the molecule is CC(C)CN(Cc1ccc(Cl)cc1)Cc1cc(=O)n2nc(C3CCCCC3)sc2n1. The first kappa shape index (κ1) is 21.5. The molecule has 7 heteroatoms. The third kappa shape index (κ3) is 5.29. The molecule has 4 rings (SSSR count). The second kappa shape index (κ2) is 9.58. The molecule has 0 amide bonds. The summed E-state index contributed by atoms with van der Waals surface area (Å²) in [6.07, 6.45) is 6.16. The van der Waals surface area contributed by atoms with Gasteiger partial charge in [-0.2, -0.15) is 9.61 Å². The lowest BCUT2D eigenvalue weighted by atomic mass is 9.90. The number of hydrogen-bond donors (Lipinski definition) is 0. The van der Waals surface area contributed by atoms with Crippen LogP contribution in [0.3, 0.4) is 0 Å². The smallest absolute Gasteiger partial charge is 0.275 e. The predicted molar refractivity (Wildman–Crippen MR) is 123 cm³/mol. The fourth-order valence-electron chi connectivity index (χ4n) is 4.25. The number of halogens is 1. The van der Waals surface area contributed by atoms with Gasteiger partial charge in [0.1, 0.15) is 5.01 Å². The minimum Gasteiger partial charge on any atom is -0.293 e. The van der Waals surface area contributed by atoms with Crippen LogP contribution in [0.15, 0.2) is 35.1 Å². The summed E-state index contributed by atoms with van der Waals surface area (Å²) < 4.78 is 1.49. The summed E-state index contributed by atoms with van der Waals surface area (Å²) in [5.41, 5.74) is 1.94. The van der Waals surface area contributed by atoms with E-state index in [2.05, 4.69) is 36.0 Å². The zero-order valence-corrected chi connectivity index (χ0v) is 19.3. The van der Waals surface area contributed by atoms with Crippen molar-refractivity contribution in [3.63, 3.8) is 0 Å². The Labute approximate surface area is 186 Å². The zero-order chi connectivity index (χ0) is 21.1. The summed E-state index contributed by atoms with van der Waals surface area (Å²) in [5, 5.41) is 6.42. The first-order valence-electron chi connectivity index (χ1n) is 10.8. The Hall–Kier alpha value is -1.76. The van der Waals surface area contributed by atoms with E-state index in [4.69, 9.17) is 16.6 Å². The lowest BCUT2D eigenvalue weighted by Gasteiger charge is -2.24. The van der Waals surface area contributed by atoms with Crippen LogP contribution >= 0.6 is 22.9 Å². The zero-order valence-electron chi connectivity index (χ0n) is 17.7. The van der Waals surface area contributed by atoms with Gasteiger partial charge in [-0.25, -0.2) is 4.98 Å². The molecule has 0 aliphatic heterocycles. The van der Waals surface area contributed by atoms with Gasteiger partial charge >= 0.3 is 0 Å². The van der Waals surface area contributed by atoms with Crippen LogP contribution in [0.1, 0.15) is 68.1 Å². The topological polar surface area (TPSA) is 50.5 Å². The summed E-state index contributed by atoms with van der Waals surface area (Å²) in [5.74, 6) is 0.999. The first-order chi connectivity index (χ1) is 14.5. The van der Waals surface area contributed by atoms with Crippen molar-refractivity contribution in [3.05, 3.63) is 62.0 Å². The molecule has 3 aromatic rings. The Balaban J connectivity index is 1.56. The Kier molecular flexibility index (Phi) is 6.86. The number of rotatable bonds is 7. The van der Waals surface area contributed by atoms with Crippen molar-refractivity contribution in [2.24, 2.45) is 5.92 Å². The standard InChI is InChI=1S/C23H29ClN4OS/c1-16(2)13-27(14-17-8-10-19(24)11-9-17)15-20-12-21(29)28-23(25-20)30-22(26-28)18-6-4-3-5-7-18/h8-12,16,18H,3-7,13-15H2,1-2H3. The lowest BCUT2D eigenvalue weighted by molar-refractivity contribution is 0.225. The van der Waals surface area contributed by atoms with Crippen LogP contribution in [0.4, 0.5) is 0 Å². The van der Waals surface area contributed by atoms with E-state index in [1.165, 1.54) is 42.2 Å². The Morgan fingerprint density at radius 2 is 1.90 bits per heavy atom. The summed E-state index contributed by atoms with van der Waals surface area (Å²) in [6, 6.07) is 9.60. The van der Waals surface area contributed by atoms with Gasteiger partial charge in [0.2, 0.25) is 4.96 Å². The molecule has 0 N–H and O–H groups in total. The Morgan fingerprint density at radius 1 is 1.17 bits per heavy atom. The van der Waals surface area contributed by atoms with Crippen LogP contribution in [-0.2, 0) is 13.1 Å². The molecule has 0 radical (unpaired) electrons. The highest BCUT2D eigenvalue weighted by Crippen LogP contribution is 2.34. The van der Waals surface area contributed by atoms with Gasteiger partial charge in [-0.3, -0.25) is 9.69 Å². The molecule has 0 atom stereocenters. The third-order valence-electron chi connectivity index (χ3n) is 5.60. The highest BCUT2D eigenvalue weighted by Gasteiger charge is 2.21.